The highest BCUT2D eigenvalue weighted by molar-refractivity contribution is 6.00. The molecule has 120 valence electrons. The highest BCUT2D eigenvalue weighted by Crippen LogP contribution is 2.28. The average Bonchev–Trinajstić information content (AvgIpc) is 2.56. The summed E-state index contributed by atoms with van der Waals surface area (Å²) in [4.78, 5) is 27.1. The summed E-state index contributed by atoms with van der Waals surface area (Å²) in [5, 5.41) is 0. The van der Waals surface area contributed by atoms with E-state index in [4.69, 9.17) is 9.47 Å². The summed E-state index contributed by atoms with van der Waals surface area (Å²) in [5.41, 5.74) is 0.762. The van der Waals surface area contributed by atoms with E-state index in [0.717, 1.165) is 5.56 Å². The number of pyridine rings is 1. The maximum absolute atomic E-state index is 14.0. The van der Waals surface area contributed by atoms with Crippen LogP contribution >= 0.6 is 0 Å². The molecule has 6 heteroatoms. The lowest BCUT2D eigenvalue weighted by atomic mass is 10.1. The number of esters is 1. The van der Waals surface area contributed by atoms with E-state index < -0.39 is 11.8 Å². The minimum absolute atomic E-state index is 0.0686. The van der Waals surface area contributed by atoms with Gasteiger partial charge in [0.1, 0.15) is 5.56 Å². The van der Waals surface area contributed by atoms with Crippen LogP contribution in [-0.2, 0) is 11.2 Å². The van der Waals surface area contributed by atoms with Gasteiger partial charge in [0.2, 0.25) is 5.88 Å². The van der Waals surface area contributed by atoms with E-state index in [1.54, 1.807) is 13.0 Å². The van der Waals surface area contributed by atoms with Gasteiger partial charge in [0.05, 0.1) is 6.61 Å². The van der Waals surface area contributed by atoms with Gasteiger partial charge in [0.15, 0.2) is 17.9 Å². The van der Waals surface area contributed by atoms with E-state index >= 15 is 0 Å². The molecule has 0 spiro atoms. The van der Waals surface area contributed by atoms with Crippen molar-refractivity contribution < 1.29 is 23.5 Å². The lowest BCUT2D eigenvalue weighted by molar-refractivity contribution is 0.0520. The van der Waals surface area contributed by atoms with Gasteiger partial charge in [-0.2, -0.15) is 0 Å². The summed E-state index contributed by atoms with van der Waals surface area (Å²) in [7, 11) is 0. The fraction of sp³-hybridized carbons (Fsp3) is 0.235. The molecule has 0 aliphatic rings. The number of aromatic nitrogens is 1. The molecule has 0 fully saturated rings. The summed E-state index contributed by atoms with van der Waals surface area (Å²) in [6, 6.07) is 5.88. The SMILES string of the molecule is CCOC(=O)c1c(C=O)ccnc1Oc1ccc(CC)cc1F. The molecular formula is C17H16FNO4. The molecule has 0 aliphatic carbocycles. The number of hydrogen-bond acceptors (Lipinski definition) is 5. The number of hydrogen-bond donors (Lipinski definition) is 0. The highest BCUT2D eigenvalue weighted by Gasteiger charge is 2.21. The second-order valence-corrected chi connectivity index (χ2v) is 4.64. The second-order valence-electron chi connectivity index (χ2n) is 4.64. The molecule has 1 aromatic carbocycles. The van der Waals surface area contributed by atoms with E-state index in [0.29, 0.717) is 12.7 Å². The molecule has 0 saturated heterocycles. The van der Waals surface area contributed by atoms with Crippen molar-refractivity contribution in [2.24, 2.45) is 0 Å². The van der Waals surface area contributed by atoms with Gasteiger partial charge in [-0.3, -0.25) is 4.79 Å². The van der Waals surface area contributed by atoms with Gasteiger partial charge in [0, 0.05) is 11.8 Å². The molecule has 0 radical (unpaired) electrons. The van der Waals surface area contributed by atoms with Crippen LogP contribution in [0.4, 0.5) is 4.39 Å². The molecule has 0 N–H and O–H groups in total. The number of aldehydes is 1. The first-order valence-electron chi connectivity index (χ1n) is 7.18. The van der Waals surface area contributed by atoms with Crippen molar-refractivity contribution in [1.29, 1.82) is 0 Å². The van der Waals surface area contributed by atoms with Crippen LogP contribution in [0, 0.1) is 5.82 Å². The van der Waals surface area contributed by atoms with Crippen LogP contribution in [0.3, 0.4) is 0 Å². The standard InChI is InChI=1S/C17H16FNO4/c1-3-11-5-6-14(13(18)9-11)23-16-15(17(21)22-4-2)12(10-20)7-8-19-16/h5-10H,3-4H2,1-2H3. The van der Waals surface area contributed by atoms with Crippen molar-refractivity contribution in [1.82, 2.24) is 4.98 Å². The topological polar surface area (TPSA) is 65.5 Å². The number of ether oxygens (including phenoxy) is 2. The van der Waals surface area contributed by atoms with Gasteiger partial charge in [0.25, 0.3) is 0 Å². The van der Waals surface area contributed by atoms with E-state index in [-0.39, 0.29) is 29.4 Å². The van der Waals surface area contributed by atoms with Gasteiger partial charge in [-0.25, -0.2) is 14.2 Å². The Balaban J connectivity index is 2.43. The first kappa shape index (κ1) is 16.6. The molecule has 1 aromatic heterocycles. The Morgan fingerprint density at radius 1 is 1.30 bits per heavy atom. The predicted octanol–water partition coefficient (Wildman–Crippen LogP) is 3.56. The average molecular weight is 317 g/mol. The Bertz CT molecular complexity index is 731. The van der Waals surface area contributed by atoms with E-state index in [1.807, 2.05) is 6.92 Å². The number of halogens is 1. The van der Waals surface area contributed by atoms with Crippen LogP contribution in [0.2, 0.25) is 0 Å². The third-order valence-electron chi connectivity index (χ3n) is 3.17. The molecule has 0 saturated carbocycles. The zero-order chi connectivity index (χ0) is 16.8. The van der Waals surface area contributed by atoms with Crippen LogP contribution in [0.25, 0.3) is 0 Å². The van der Waals surface area contributed by atoms with Crippen LogP contribution in [0.1, 0.15) is 40.1 Å². The third-order valence-corrected chi connectivity index (χ3v) is 3.17. The van der Waals surface area contributed by atoms with Crippen molar-refractivity contribution in [2.75, 3.05) is 6.61 Å². The Morgan fingerprint density at radius 3 is 2.70 bits per heavy atom. The normalized spacial score (nSPS) is 10.2. The summed E-state index contributed by atoms with van der Waals surface area (Å²) in [5.74, 6) is -1.57. The molecule has 1 heterocycles. The Kier molecular flexibility index (Phi) is 5.41. The molecule has 0 unspecified atom stereocenters. The number of nitrogens with zero attached hydrogens (tertiary/aromatic N) is 1. The van der Waals surface area contributed by atoms with Crippen LogP contribution in [-0.4, -0.2) is 23.8 Å². The largest absolute Gasteiger partial charge is 0.462 e. The fourth-order valence-corrected chi connectivity index (χ4v) is 1.99. The number of carbonyl (C=O) groups excluding carboxylic acids is 2. The zero-order valence-electron chi connectivity index (χ0n) is 12.8. The lowest BCUT2D eigenvalue weighted by Crippen LogP contribution is -2.11. The Labute approximate surface area is 133 Å². The first-order valence-corrected chi connectivity index (χ1v) is 7.18. The van der Waals surface area contributed by atoms with E-state index in [2.05, 4.69) is 4.98 Å². The van der Waals surface area contributed by atoms with Crippen LogP contribution < -0.4 is 4.74 Å². The molecule has 0 bridgehead atoms. The van der Waals surface area contributed by atoms with Gasteiger partial charge in [-0.1, -0.05) is 13.0 Å². The van der Waals surface area contributed by atoms with E-state index in [9.17, 15) is 14.0 Å². The molecule has 0 aliphatic heterocycles. The van der Waals surface area contributed by atoms with E-state index in [1.165, 1.54) is 24.4 Å². The summed E-state index contributed by atoms with van der Waals surface area (Å²) in [6.45, 7) is 3.67. The minimum atomic E-state index is -0.747. The van der Waals surface area contributed by atoms with Crippen molar-refractivity contribution in [3.05, 3.63) is 53.0 Å². The second kappa shape index (κ2) is 7.49. The summed E-state index contributed by atoms with van der Waals surface area (Å²) < 4.78 is 24.4. The monoisotopic (exact) mass is 317 g/mol. The zero-order valence-corrected chi connectivity index (χ0v) is 12.8. The first-order chi connectivity index (χ1) is 11.1. The van der Waals surface area contributed by atoms with Crippen LogP contribution in [0.15, 0.2) is 30.5 Å². The Morgan fingerprint density at radius 2 is 2.09 bits per heavy atom. The van der Waals surface area contributed by atoms with Crippen molar-refractivity contribution >= 4 is 12.3 Å². The maximum atomic E-state index is 14.0. The van der Waals surface area contributed by atoms with Crippen molar-refractivity contribution in [3.63, 3.8) is 0 Å². The molecule has 23 heavy (non-hydrogen) atoms. The maximum Gasteiger partial charge on any atom is 0.344 e. The quantitative estimate of drug-likeness (QED) is 0.602. The number of carbonyl (C=O) groups is 2. The molecule has 2 aromatic rings. The van der Waals surface area contributed by atoms with Crippen molar-refractivity contribution in [3.8, 4) is 11.6 Å². The smallest absolute Gasteiger partial charge is 0.344 e. The van der Waals surface area contributed by atoms with Crippen molar-refractivity contribution in [2.45, 2.75) is 20.3 Å². The van der Waals surface area contributed by atoms with Gasteiger partial charge >= 0.3 is 5.97 Å². The Hall–Kier alpha value is -2.76. The van der Waals surface area contributed by atoms with Crippen LogP contribution in [0.5, 0.6) is 11.6 Å². The molecule has 5 nitrogen and oxygen atoms in total. The highest BCUT2D eigenvalue weighted by atomic mass is 19.1. The third kappa shape index (κ3) is 3.71. The minimum Gasteiger partial charge on any atom is -0.462 e. The van der Waals surface area contributed by atoms with Gasteiger partial charge in [-0.05, 0) is 37.1 Å². The number of benzene rings is 1. The predicted molar refractivity (Wildman–Crippen MR) is 81.4 cm³/mol. The summed E-state index contributed by atoms with van der Waals surface area (Å²) >= 11 is 0. The summed E-state index contributed by atoms with van der Waals surface area (Å²) in [6.07, 6.45) is 2.49. The molecule has 2 rings (SSSR count). The number of rotatable bonds is 6. The lowest BCUT2D eigenvalue weighted by Gasteiger charge is -2.12. The molecule has 0 amide bonds. The number of aryl methyl sites for hydroxylation is 1. The fourth-order valence-electron chi connectivity index (χ4n) is 1.99. The molecular weight excluding hydrogens is 301 g/mol. The van der Waals surface area contributed by atoms with Gasteiger partial charge in [-0.15, -0.1) is 0 Å². The molecule has 0 atom stereocenters. The van der Waals surface area contributed by atoms with Gasteiger partial charge < -0.3 is 9.47 Å².